The minimum atomic E-state index is -0.440. The van der Waals surface area contributed by atoms with Crippen LogP contribution in [0.25, 0.3) is 0 Å². The maximum atomic E-state index is 12.7. The molecule has 3 aliphatic rings. The number of likely N-dealkylation sites (tertiary alicyclic amines) is 1. The fourth-order valence-electron chi connectivity index (χ4n) is 4.12. The molecule has 29 heavy (non-hydrogen) atoms. The SMILES string of the molecule is O=C1C[C@H](NCCN2CCOCC2)C(=O)N1Cc1ccc(N2CCCC2=O)cc1. The molecule has 4 rings (SSSR count). The standard InChI is InChI=1S/C21H28N4O4/c26-19-2-1-8-24(19)17-5-3-16(4-6-17)15-25-20(27)14-18(21(25)28)22-7-9-23-10-12-29-13-11-23/h3-6,18,22H,1-2,7-15H2/t18-/m0/s1. The molecule has 0 bridgehead atoms. The highest BCUT2D eigenvalue weighted by molar-refractivity contribution is 6.05. The van der Waals surface area contributed by atoms with Crippen molar-refractivity contribution in [2.24, 2.45) is 0 Å². The van der Waals surface area contributed by atoms with Crippen molar-refractivity contribution in [3.63, 3.8) is 0 Å². The van der Waals surface area contributed by atoms with Gasteiger partial charge in [-0.1, -0.05) is 12.1 Å². The molecular formula is C21H28N4O4. The van der Waals surface area contributed by atoms with Crippen LogP contribution in [-0.2, 0) is 25.7 Å². The van der Waals surface area contributed by atoms with Crippen molar-refractivity contribution in [2.75, 3.05) is 50.8 Å². The van der Waals surface area contributed by atoms with Crippen LogP contribution in [0.2, 0.25) is 0 Å². The van der Waals surface area contributed by atoms with Crippen molar-refractivity contribution in [2.45, 2.75) is 31.8 Å². The molecule has 0 radical (unpaired) electrons. The molecular weight excluding hydrogens is 372 g/mol. The third kappa shape index (κ3) is 4.66. The summed E-state index contributed by atoms with van der Waals surface area (Å²) in [5.74, 6) is -0.151. The zero-order valence-corrected chi connectivity index (χ0v) is 16.6. The summed E-state index contributed by atoms with van der Waals surface area (Å²) in [5, 5.41) is 3.24. The highest BCUT2D eigenvalue weighted by atomic mass is 16.5. The van der Waals surface area contributed by atoms with Crippen molar-refractivity contribution >= 4 is 23.4 Å². The van der Waals surface area contributed by atoms with E-state index in [1.165, 1.54) is 4.90 Å². The number of rotatable bonds is 7. The molecule has 0 spiro atoms. The Balaban J connectivity index is 1.29. The molecule has 0 unspecified atom stereocenters. The van der Waals surface area contributed by atoms with Gasteiger partial charge in [-0.2, -0.15) is 0 Å². The van der Waals surface area contributed by atoms with Crippen molar-refractivity contribution in [1.82, 2.24) is 15.1 Å². The minimum absolute atomic E-state index is 0.141. The van der Waals surface area contributed by atoms with E-state index in [1.807, 2.05) is 24.3 Å². The third-order valence-electron chi connectivity index (χ3n) is 5.83. The molecule has 1 atom stereocenters. The molecule has 3 amide bonds. The Kier molecular flexibility index (Phi) is 6.22. The number of carbonyl (C=O) groups is 3. The number of imide groups is 1. The lowest BCUT2D eigenvalue weighted by atomic mass is 10.2. The number of hydrogen-bond donors (Lipinski definition) is 1. The largest absolute Gasteiger partial charge is 0.379 e. The number of morpholine rings is 1. The van der Waals surface area contributed by atoms with Gasteiger partial charge in [0.25, 0.3) is 0 Å². The van der Waals surface area contributed by atoms with Gasteiger partial charge in [0.1, 0.15) is 0 Å². The van der Waals surface area contributed by atoms with Crippen molar-refractivity contribution in [1.29, 1.82) is 0 Å². The summed E-state index contributed by atoms with van der Waals surface area (Å²) >= 11 is 0. The average molecular weight is 400 g/mol. The molecule has 0 aromatic heterocycles. The van der Waals surface area contributed by atoms with Gasteiger partial charge >= 0.3 is 0 Å². The van der Waals surface area contributed by atoms with E-state index in [2.05, 4.69) is 10.2 Å². The summed E-state index contributed by atoms with van der Waals surface area (Å²) in [6, 6.07) is 7.12. The molecule has 156 valence electrons. The van der Waals surface area contributed by atoms with Crippen LogP contribution in [0.5, 0.6) is 0 Å². The summed E-state index contributed by atoms with van der Waals surface area (Å²) < 4.78 is 5.34. The number of benzene rings is 1. The quantitative estimate of drug-likeness (QED) is 0.666. The Morgan fingerprint density at radius 2 is 1.76 bits per heavy atom. The van der Waals surface area contributed by atoms with Gasteiger partial charge in [-0.15, -0.1) is 0 Å². The summed E-state index contributed by atoms with van der Waals surface area (Å²) in [4.78, 5) is 42.3. The lowest BCUT2D eigenvalue weighted by Gasteiger charge is -2.27. The molecule has 1 aromatic rings. The van der Waals surface area contributed by atoms with Gasteiger partial charge < -0.3 is 15.0 Å². The van der Waals surface area contributed by atoms with Crippen LogP contribution in [0.15, 0.2) is 24.3 Å². The number of carbonyl (C=O) groups excluding carboxylic acids is 3. The Bertz CT molecular complexity index is 760. The maximum Gasteiger partial charge on any atom is 0.247 e. The monoisotopic (exact) mass is 400 g/mol. The zero-order valence-electron chi connectivity index (χ0n) is 16.6. The van der Waals surface area contributed by atoms with Gasteiger partial charge in [0.05, 0.1) is 32.2 Å². The van der Waals surface area contributed by atoms with Gasteiger partial charge in [-0.25, -0.2) is 0 Å². The van der Waals surface area contributed by atoms with Crippen LogP contribution in [0, 0.1) is 0 Å². The van der Waals surface area contributed by atoms with E-state index in [0.29, 0.717) is 13.0 Å². The fourth-order valence-corrected chi connectivity index (χ4v) is 4.12. The van der Waals surface area contributed by atoms with E-state index in [1.54, 1.807) is 4.90 Å². The molecule has 8 nitrogen and oxygen atoms in total. The van der Waals surface area contributed by atoms with E-state index < -0.39 is 6.04 Å². The predicted octanol–water partition coefficient (Wildman–Crippen LogP) is 0.363. The molecule has 0 saturated carbocycles. The first kappa shape index (κ1) is 20.0. The first-order chi connectivity index (χ1) is 14.1. The van der Waals surface area contributed by atoms with Gasteiger partial charge in [-0.3, -0.25) is 24.2 Å². The van der Waals surface area contributed by atoms with E-state index in [-0.39, 0.29) is 30.7 Å². The molecule has 3 aliphatic heterocycles. The fraction of sp³-hybridized carbons (Fsp3) is 0.571. The molecule has 1 N–H and O–H groups in total. The Labute approximate surface area is 170 Å². The number of nitrogens with one attached hydrogen (secondary N) is 1. The van der Waals surface area contributed by atoms with Crippen molar-refractivity contribution < 1.29 is 19.1 Å². The van der Waals surface area contributed by atoms with E-state index >= 15 is 0 Å². The van der Waals surface area contributed by atoms with Gasteiger partial charge in [0.2, 0.25) is 17.7 Å². The van der Waals surface area contributed by atoms with Crippen LogP contribution in [0.3, 0.4) is 0 Å². The van der Waals surface area contributed by atoms with Crippen LogP contribution in [0.1, 0.15) is 24.8 Å². The van der Waals surface area contributed by atoms with Crippen LogP contribution < -0.4 is 10.2 Å². The van der Waals surface area contributed by atoms with Crippen LogP contribution in [0.4, 0.5) is 5.69 Å². The summed E-state index contributed by atoms with van der Waals surface area (Å²) in [7, 11) is 0. The lowest BCUT2D eigenvalue weighted by Crippen LogP contribution is -2.44. The molecule has 3 saturated heterocycles. The minimum Gasteiger partial charge on any atom is -0.379 e. The Hall–Kier alpha value is -2.29. The molecule has 0 aliphatic carbocycles. The first-order valence-electron chi connectivity index (χ1n) is 10.4. The highest BCUT2D eigenvalue weighted by Crippen LogP contribution is 2.23. The van der Waals surface area contributed by atoms with Crippen LogP contribution in [-0.4, -0.2) is 79.5 Å². The number of ether oxygens (including phenoxy) is 1. The van der Waals surface area contributed by atoms with Crippen LogP contribution >= 0.6 is 0 Å². The van der Waals surface area contributed by atoms with Crippen molar-refractivity contribution in [3.05, 3.63) is 29.8 Å². The number of amides is 3. The van der Waals surface area contributed by atoms with Gasteiger partial charge in [0.15, 0.2) is 0 Å². The highest BCUT2D eigenvalue weighted by Gasteiger charge is 2.38. The Morgan fingerprint density at radius 3 is 2.45 bits per heavy atom. The predicted molar refractivity (Wildman–Crippen MR) is 107 cm³/mol. The maximum absolute atomic E-state index is 12.7. The van der Waals surface area contributed by atoms with E-state index in [9.17, 15) is 14.4 Å². The Morgan fingerprint density at radius 1 is 1.00 bits per heavy atom. The smallest absolute Gasteiger partial charge is 0.247 e. The van der Waals surface area contributed by atoms with Gasteiger partial charge in [-0.05, 0) is 24.1 Å². The number of anilines is 1. The topological polar surface area (TPSA) is 82.2 Å². The molecule has 1 aromatic carbocycles. The third-order valence-corrected chi connectivity index (χ3v) is 5.83. The zero-order chi connectivity index (χ0) is 20.2. The number of nitrogens with zero attached hydrogens (tertiary/aromatic N) is 3. The number of hydrogen-bond acceptors (Lipinski definition) is 6. The van der Waals surface area contributed by atoms with E-state index in [0.717, 1.165) is 57.1 Å². The second-order valence-corrected chi connectivity index (χ2v) is 7.80. The summed E-state index contributed by atoms with van der Waals surface area (Å²) in [6.07, 6.45) is 1.69. The normalized spacial score (nSPS) is 23.4. The molecule has 8 heteroatoms. The van der Waals surface area contributed by atoms with E-state index in [4.69, 9.17) is 4.74 Å². The second-order valence-electron chi connectivity index (χ2n) is 7.80. The average Bonchev–Trinajstić information content (AvgIpc) is 3.28. The first-order valence-corrected chi connectivity index (χ1v) is 10.4. The van der Waals surface area contributed by atoms with Crippen molar-refractivity contribution in [3.8, 4) is 0 Å². The summed E-state index contributed by atoms with van der Waals surface area (Å²) in [5.41, 5.74) is 1.76. The second kappa shape index (κ2) is 9.02. The van der Waals surface area contributed by atoms with Gasteiger partial charge in [0, 0.05) is 44.8 Å². The molecule has 3 heterocycles. The lowest BCUT2D eigenvalue weighted by molar-refractivity contribution is -0.139. The molecule has 3 fully saturated rings. The summed E-state index contributed by atoms with van der Waals surface area (Å²) in [6.45, 7) is 5.86.